The van der Waals surface area contributed by atoms with Gasteiger partial charge in [0.25, 0.3) is 5.91 Å². The standard InChI is InChI=1S/C20H21N3O5S3/c1-12(2)29-14-6-4-13(5-7-14)19(25)22-20-23(11-18(24)28-3)16-9-8-15(31(21,26)27)10-17(16)30-20/h4-10,12H,11H2,1-3H3,(H2,21,26,27). The summed E-state index contributed by atoms with van der Waals surface area (Å²) in [7, 11) is -2.64. The van der Waals surface area contributed by atoms with Crippen LogP contribution in [0.3, 0.4) is 0 Å². The molecule has 11 heteroatoms. The summed E-state index contributed by atoms with van der Waals surface area (Å²) in [6, 6.07) is 11.4. The van der Waals surface area contributed by atoms with Crippen molar-refractivity contribution in [1.29, 1.82) is 0 Å². The lowest BCUT2D eigenvalue weighted by atomic mass is 10.2. The van der Waals surface area contributed by atoms with Gasteiger partial charge < -0.3 is 9.30 Å². The van der Waals surface area contributed by atoms with Crippen LogP contribution >= 0.6 is 23.1 Å². The summed E-state index contributed by atoms with van der Waals surface area (Å²) in [4.78, 5) is 30.1. The van der Waals surface area contributed by atoms with E-state index in [0.29, 0.717) is 21.0 Å². The van der Waals surface area contributed by atoms with E-state index >= 15 is 0 Å². The number of rotatable bonds is 6. The summed E-state index contributed by atoms with van der Waals surface area (Å²) in [6.07, 6.45) is 0. The maximum absolute atomic E-state index is 12.7. The Morgan fingerprint density at radius 3 is 2.45 bits per heavy atom. The van der Waals surface area contributed by atoms with Gasteiger partial charge in [0.2, 0.25) is 10.0 Å². The Labute approximate surface area is 187 Å². The van der Waals surface area contributed by atoms with E-state index in [-0.39, 0.29) is 16.2 Å². The smallest absolute Gasteiger partial charge is 0.325 e. The van der Waals surface area contributed by atoms with E-state index in [1.165, 1.54) is 29.9 Å². The van der Waals surface area contributed by atoms with Crippen molar-refractivity contribution >= 4 is 55.2 Å². The fourth-order valence-corrected chi connectivity index (χ4v) is 5.28. The van der Waals surface area contributed by atoms with Crippen LogP contribution in [0.1, 0.15) is 24.2 Å². The van der Waals surface area contributed by atoms with Crippen LogP contribution in [0.2, 0.25) is 0 Å². The first-order valence-electron chi connectivity index (χ1n) is 9.17. The second kappa shape index (κ2) is 9.35. The van der Waals surface area contributed by atoms with E-state index in [1.807, 2.05) is 12.1 Å². The molecular formula is C20H21N3O5S3. The molecule has 3 rings (SSSR count). The number of hydrogen-bond donors (Lipinski definition) is 1. The average Bonchev–Trinajstić information content (AvgIpc) is 3.03. The Morgan fingerprint density at radius 1 is 1.19 bits per heavy atom. The van der Waals surface area contributed by atoms with Crippen molar-refractivity contribution < 1.29 is 22.7 Å². The third kappa shape index (κ3) is 5.62. The number of carbonyl (C=O) groups is 2. The van der Waals surface area contributed by atoms with Crippen LogP contribution in [0.5, 0.6) is 0 Å². The Hall–Kier alpha value is -2.47. The van der Waals surface area contributed by atoms with Crippen molar-refractivity contribution in [3.05, 3.63) is 52.8 Å². The maximum Gasteiger partial charge on any atom is 0.325 e. The molecule has 0 spiro atoms. The van der Waals surface area contributed by atoms with Gasteiger partial charge in [-0.3, -0.25) is 9.59 Å². The number of amides is 1. The van der Waals surface area contributed by atoms with Crippen LogP contribution in [-0.2, 0) is 26.1 Å². The maximum atomic E-state index is 12.7. The molecule has 0 saturated heterocycles. The molecule has 0 fully saturated rings. The number of nitrogens with zero attached hydrogens (tertiary/aromatic N) is 2. The first-order chi connectivity index (χ1) is 14.6. The predicted octanol–water partition coefficient (Wildman–Crippen LogP) is 2.76. The third-order valence-corrected chi connectivity index (χ3v) is 7.14. The second-order valence-corrected chi connectivity index (χ2v) is 11.0. The lowest BCUT2D eigenvalue weighted by molar-refractivity contribution is -0.141. The van der Waals surface area contributed by atoms with Crippen molar-refractivity contribution in [1.82, 2.24) is 4.57 Å². The molecule has 0 atom stereocenters. The summed E-state index contributed by atoms with van der Waals surface area (Å²) in [6.45, 7) is 3.99. The van der Waals surface area contributed by atoms with E-state index in [1.54, 1.807) is 23.9 Å². The first-order valence-corrected chi connectivity index (χ1v) is 12.4. The molecule has 0 bridgehead atoms. The number of ether oxygens (including phenoxy) is 1. The number of thioether (sulfide) groups is 1. The fraction of sp³-hybridized carbons (Fsp3) is 0.250. The van der Waals surface area contributed by atoms with Gasteiger partial charge in [0, 0.05) is 15.7 Å². The molecule has 0 aliphatic carbocycles. The van der Waals surface area contributed by atoms with E-state index in [2.05, 4.69) is 18.8 Å². The molecule has 0 aliphatic rings. The molecule has 1 heterocycles. The molecule has 0 saturated carbocycles. The Kier molecular flexibility index (Phi) is 6.99. The van der Waals surface area contributed by atoms with Crippen molar-refractivity contribution in [2.24, 2.45) is 10.1 Å². The highest BCUT2D eigenvalue weighted by atomic mass is 32.2. The molecular weight excluding hydrogens is 458 g/mol. The van der Waals surface area contributed by atoms with Crippen LogP contribution in [0, 0.1) is 0 Å². The highest BCUT2D eigenvalue weighted by Crippen LogP contribution is 2.24. The minimum Gasteiger partial charge on any atom is -0.468 e. The van der Waals surface area contributed by atoms with Gasteiger partial charge in [0.05, 0.1) is 22.2 Å². The molecule has 2 aromatic carbocycles. The summed E-state index contributed by atoms with van der Waals surface area (Å²) >= 11 is 2.77. The molecule has 1 amide bonds. The quantitative estimate of drug-likeness (QED) is 0.429. The minimum atomic E-state index is -3.90. The van der Waals surface area contributed by atoms with Crippen LogP contribution in [-0.4, -0.2) is 37.2 Å². The monoisotopic (exact) mass is 479 g/mol. The molecule has 0 aliphatic heterocycles. The minimum absolute atomic E-state index is 0.0671. The topological polar surface area (TPSA) is 121 Å². The van der Waals surface area contributed by atoms with Crippen LogP contribution in [0.4, 0.5) is 0 Å². The zero-order valence-corrected chi connectivity index (χ0v) is 19.5. The van der Waals surface area contributed by atoms with Crippen LogP contribution in [0.25, 0.3) is 10.2 Å². The third-order valence-electron chi connectivity index (χ3n) is 4.17. The Balaban J connectivity index is 2.07. The zero-order chi connectivity index (χ0) is 22.8. The number of esters is 1. The van der Waals surface area contributed by atoms with Gasteiger partial charge in [-0.05, 0) is 42.5 Å². The molecule has 0 unspecified atom stereocenters. The predicted molar refractivity (Wildman–Crippen MR) is 121 cm³/mol. The largest absolute Gasteiger partial charge is 0.468 e. The highest BCUT2D eigenvalue weighted by molar-refractivity contribution is 7.99. The number of benzene rings is 2. The van der Waals surface area contributed by atoms with E-state index < -0.39 is 21.9 Å². The number of hydrogen-bond acceptors (Lipinski definition) is 7. The second-order valence-electron chi connectivity index (χ2n) is 6.83. The number of methoxy groups -OCH3 is 1. The van der Waals surface area contributed by atoms with Gasteiger partial charge in [-0.1, -0.05) is 25.2 Å². The average molecular weight is 480 g/mol. The molecule has 1 aromatic heterocycles. The Bertz CT molecular complexity index is 1310. The SMILES string of the molecule is COC(=O)Cn1c(=NC(=O)c2ccc(SC(C)C)cc2)sc2cc(S(N)(=O)=O)ccc21. The van der Waals surface area contributed by atoms with Gasteiger partial charge in [-0.15, -0.1) is 11.8 Å². The number of thiazole rings is 1. The van der Waals surface area contributed by atoms with E-state index in [4.69, 9.17) is 9.88 Å². The summed E-state index contributed by atoms with van der Waals surface area (Å²) in [5.74, 6) is -1.00. The molecule has 8 nitrogen and oxygen atoms in total. The van der Waals surface area contributed by atoms with Gasteiger partial charge in [0.1, 0.15) is 6.54 Å². The molecule has 164 valence electrons. The lowest BCUT2D eigenvalue weighted by Gasteiger charge is -2.05. The number of nitrogens with two attached hydrogens (primary N) is 1. The van der Waals surface area contributed by atoms with Crippen LogP contribution < -0.4 is 9.94 Å². The molecule has 0 radical (unpaired) electrons. The zero-order valence-electron chi connectivity index (χ0n) is 17.1. The summed E-state index contributed by atoms with van der Waals surface area (Å²) < 4.78 is 30.1. The molecule has 2 N–H and O–H groups in total. The van der Waals surface area contributed by atoms with Gasteiger partial charge >= 0.3 is 5.97 Å². The van der Waals surface area contributed by atoms with Crippen molar-refractivity contribution in [3.63, 3.8) is 0 Å². The summed E-state index contributed by atoms with van der Waals surface area (Å²) in [5.41, 5.74) is 0.943. The van der Waals surface area contributed by atoms with E-state index in [0.717, 1.165) is 16.2 Å². The van der Waals surface area contributed by atoms with Gasteiger partial charge in [-0.2, -0.15) is 4.99 Å². The first kappa shape index (κ1) is 23.2. The molecule has 31 heavy (non-hydrogen) atoms. The van der Waals surface area contributed by atoms with E-state index in [9.17, 15) is 18.0 Å². The van der Waals surface area contributed by atoms with Crippen molar-refractivity contribution in [2.75, 3.05) is 7.11 Å². The number of sulfonamides is 1. The Morgan fingerprint density at radius 2 is 1.87 bits per heavy atom. The van der Waals surface area contributed by atoms with Crippen molar-refractivity contribution in [3.8, 4) is 0 Å². The fourth-order valence-electron chi connectivity index (χ4n) is 2.76. The van der Waals surface area contributed by atoms with Crippen LogP contribution in [0.15, 0.2) is 57.2 Å². The normalized spacial score (nSPS) is 12.5. The number of carbonyl (C=O) groups excluding carboxylic acids is 2. The number of fused-ring (bicyclic) bond motifs is 1. The summed E-state index contributed by atoms with van der Waals surface area (Å²) in [5, 5.41) is 5.63. The molecule has 3 aromatic rings. The lowest BCUT2D eigenvalue weighted by Crippen LogP contribution is -2.22. The number of aromatic nitrogens is 1. The highest BCUT2D eigenvalue weighted by Gasteiger charge is 2.15. The van der Waals surface area contributed by atoms with Gasteiger partial charge in [0.15, 0.2) is 4.80 Å². The number of primary sulfonamides is 1. The van der Waals surface area contributed by atoms with Crippen molar-refractivity contribution in [2.45, 2.75) is 35.4 Å². The van der Waals surface area contributed by atoms with Gasteiger partial charge in [-0.25, -0.2) is 13.6 Å².